The molecule has 54 valence electrons. The number of ketones is 1. The molecule has 1 nitrogen and oxygen atoms in total. The summed E-state index contributed by atoms with van der Waals surface area (Å²) in [6.45, 7) is 1.72. The van der Waals surface area contributed by atoms with E-state index in [9.17, 15) is 4.79 Å². The van der Waals surface area contributed by atoms with Crippen LogP contribution in [-0.2, 0) is 4.79 Å². The number of carbonyl (C=O) groups is 1. The van der Waals surface area contributed by atoms with E-state index in [4.69, 9.17) is 0 Å². The molecule has 10 heavy (non-hydrogen) atoms. The Balaban J connectivity index is 2.16. The molecule has 0 radical (unpaired) electrons. The van der Waals surface area contributed by atoms with E-state index >= 15 is 0 Å². The van der Waals surface area contributed by atoms with Gasteiger partial charge in [-0.2, -0.15) is 0 Å². The molecule has 0 aromatic rings. The molecule has 0 N–H and O–H groups in total. The van der Waals surface area contributed by atoms with Crippen molar-refractivity contribution in [1.82, 2.24) is 0 Å². The predicted octanol–water partition coefficient (Wildman–Crippen LogP) is 1.79. The highest BCUT2D eigenvalue weighted by molar-refractivity contribution is 5.79. The lowest BCUT2D eigenvalue weighted by atomic mass is 9.90. The molecule has 2 bridgehead atoms. The summed E-state index contributed by atoms with van der Waals surface area (Å²) in [6.07, 6.45) is 6.85. The zero-order valence-corrected chi connectivity index (χ0v) is 6.21. The Labute approximate surface area is 61.1 Å². The largest absolute Gasteiger partial charge is 0.300 e. The summed E-state index contributed by atoms with van der Waals surface area (Å²) in [5, 5.41) is 0. The molecule has 0 aromatic carbocycles. The third-order valence-electron chi connectivity index (χ3n) is 2.80. The predicted molar refractivity (Wildman–Crippen MR) is 39.5 cm³/mol. The summed E-state index contributed by atoms with van der Waals surface area (Å²) in [7, 11) is 0. The Kier molecular flexibility index (Phi) is 1.19. The molecule has 0 unspecified atom stereocenters. The average Bonchev–Trinajstić information content (AvgIpc) is 2.44. The van der Waals surface area contributed by atoms with Crippen molar-refractivity contribution in [2.24, 2.45) is 17.8 Å². The molecule has 2 aliphatic carbocycles. The number of carbonyl (C=O) groups excluding carboxylic acids is 1. The van der Waals surface area contributed by atoms with Gasteiger partial charge in [-0.15, -0.1) is 0 Å². The topological polar surface area (TPSA) is 17.1 Å². The van der Waals surface area contributed by atoms with Gasteiger partial charge < -0.3 is 0 Å². The number of hydrogen-bond donors (Lipinski definition) is 0. The molecule has 1 saturated carbocycles. The van der Waals surface area contributed by atoms with Crippen LogP contribution in [0.25, 0.3) is 0 Å². The van der Waals surface area contributed by atoms with Gasteiger partial charge in [0.2, 0.25) is 0 Å². The van der Waals surface area contributed by atoms with Gasteiger partial charge in [0.1, 0.15) is 5.78 Å². The van der Waals surface area contributed by atoms with Crippen LogP contribution in [0.1, 0.15) is 19.8 Å². The van der Waals surface area contributed by atoms with Crippen molar-refractivity contribution in [3.8, 4) is 0 Å². The molecule has 0 spiro atoms. The normalized spacial score (nSPS) is 42.7. The minimum Gasteiger partial charge on any atom is -0.300 e. The van der Waals surface area contributed by atoms with Crippen molar-refractivity contribution in [2.75, 3.05) is 0 Å². The molecular formula is C9H12O. The lowest BCUT2D eigenvalue weighted by Gasteiger charge is -2.13. The zero-order chi connectivity index (χ0) is 7.14. The number of allylic oxidation sites excluding steroid dienone is 2. The van der Waals surface area contributed by atoms with E-state index in [1.807, 2.05) is 0 Å². The summed E-state index contributed by atoms with van der Waals surface area (Å²) in [5.41, 5.74) is 0. The molecular weight excluding hydrogens is 124 g/mol. The number of Topliss-reactive ketones (excluding diaryl/α,β-unsaturated/α-hetero) is 1. The van der Waals surface area contributed by atoms with Crippen molar-refractivity contribution in [3.63, 3.8) is 0 Å². The van der Waals surface area contributed by atoms with E-state index < -0.39 is 0 Å². The summed E-state index contributed by atoms with van der Waals surface area (Å²) >= 11 is 0. The van der Waals surface area contributed by atoms with E-state index in [0.717, 1.165) is 12.3 Å². The first-order chi connectivity index (χ1) is 4.77. The first kappa shape index (κ1) is 6.14. The minimum atomic E-state index is 0.370. The first-order valence-electron chi connectivity index (χ1n) is 3.96. The van der Waals surface area contributed by atoms with Crippen molar-refractivity contribution < 1.29 is 4.79 Å². The van der Waals surface area contributed by atoms with Crippen molar-refractivity contribution in [2.45, 2.75) is 19.8 Å². The highest BCUT2D eigenvalue weighted by Crippen LogP contribution is 2.43. The molecule has 3 atom stereocenters. The van der Waals surface area contributed by atoms with E-state index in [1.165, 1.54) is 6.42 Å². The molecule has 2 aliphatic rings. The van der Waals surface area contributed by atoms with Crippen LogP contribution in [0.3, 0.4) is 0 Å². The highest BCUT2D eigenvalue weighted by Gasteiger charge is 2.37. The summed E-state index contributed by atoms with van der Waals surface area (Å²) < 4.78 is 0. The van der Waals surface area contributed by atoms with E-state index in [2.05, 4.69) is 12.2 Å². The maximum absolute atomic E-state index is 11.0. The lowest BCUT2D eigenvalue weighted by Crippen LogP contribution is -2.15. The van der Waals surface area contributed by atoms with Crippen LogP contribution in [0, 0.1) is 17.8 Å². The van der Waals surface area contributed by atoms with Gasteiger partial charge in [-0.05, 0) is 31.6 Å². The summed E-state index contributed by atoms with van der Waals surface area (Å²) in [4.78, 5) is 11.0. The Morgan fingerprint density at radius 1 is 1.40 bits per heavy atom. The third kappa shape index (κ3) is 0.731. The lowest BCUT2D eigenvalue weighted by molar-refractivity contribution is -0.121. The van der Waals surface area contributed by atoms with E-state index in [1.54, 1.807) is 6.92 Å². The SMILES string of the molecule is CC(=O)[C@@H]1C[C@@H]2C=C[C@H]1C2. The number of fused-ring (bicyclic) bond motifs is 2. The zero-order valence-electron chi connectivity index (χ0n) is 6.21. The molecule has 1 fully saturated rings. The van der Waals surface area contributed by atoms with E-state index in [0.29, 0.717) is 17.6 Å². The van der Waals surface area contributed by atoms with Gasteiger partial charge in [0.15, 0.2) is 0 Å². The van der Waals surface area contributed by atoms with Gasteiger partial charge in [0, 0.05) is 5.92 Å². The van der Waals surface area contributed by atoms with Crippen molar-refractivity contribution >= 4 is 5.78 Å². The second-order valence-electron chi connectivity index (χ2n) is 3.50. The van der Waals surface area contributed by atoms with Crippen molar-refractivity contribution in [3.05, 3.63) is 12.2 Å². The smallest absolute Gasteiger partial charge is 0.133 e. The van der Waals surface area contributed by atoms with Crippen LogP contribution < -0.4 is 0 Å². The van der Waals surface area contributed by atoms with Gasteiger partial charge in [0.25, 0.3) is 0 Å². The van der Waals surface area contributed by atoms with Gasteiger partial charge in [-0.1, -0.05) is 12.2 Å². The van der Waals surface area contributed by atoms with Crippen LogP contribution in [0.5, 0.6) is 0 Å². The molecule has 1 heteroatoms. The fourth-order valence-electron chi connectivity index (χ4n) is 2.25. The monoisotopic (exact) mass is 136 g/mol. The Bertz CT molecular complexity index is 193. The van der Waals surface area contributed by atoms with Gasteiger partial charge in [-0.3, -0.25) is 4.79 Å². The quantitative estimate of drug-likeness (QED) is 0.502. The second-order valence-corrected chi connectivity index (χ2v) is 3.50. The maximum Gasteiger partial charge on any atom is 0.133 e. The molecule has 2 rings (SSSR count). The Morgan fingerprint density at radius 3 is 2.50 bits per heavy atom. The molecule has 0 amide bonds. The minimum absolute atomic E-state index is 0.370. The number of hydrogen-bond acceptors (Lipinski definition) is 1. The second kappa shape index (κ2) is 1.94. The van der Waals surface area contributed by atoms with E-state index in [-0.39, 0.29) is 0 Å². The Hall–Kier alpha value is -0.590. The van der Waals surface area contributed by atoms with Crippen LogP contribution in [-0.4, -0.2) is 5.78 Å². The van der Waals surface area contributed by atoms with Gasteiger partial charge in [0.05, 0.1) is 0 Å². The molecule has 0 aromatic heterocycles. The highest BCUT2D eigenvalue weighted by atomic mass is 16.1. The molecule has 0 aliphatic heterocycles. The Morgan fingerprint density at radius 2 is 2.20 bits per heavy atom. The third-order valence-corrected chi connectivity index (χ3v) is 2.80. The standard InChI is InChI=1S/C9H12O/c1-6(10)9-5-7-2-3-8(9)4-7/h2-3,7-9H,4-5H2,1H3/t7-,8+,9+/m1/s1. The van der Waals surface area contributed by atoms with Crippen LogP contribution in [0.15, 0.2) is 12.2 Å². The fourth-order valence-corrected chi connectivity index (χ4v) is 2.25. The fraction of sp³-hybridized carbons (Fsp3) is 0.667. The van der Waals surface area contributed by atoms with Gasteiger partial charge in [-0.25, -0.2) is 0 Å². The van der Waals surface area contributed by atoms with Crippen LogP contribution in [0.4, 0.5) is 0 Å². The summed E-state index contributed by atoms with van der Waals surface area (Å²) in [5.74, 6) is 2.09. The van der Waals surface area contributed by atoms with Crippen LogP contribution >= 0.6 is 0 Å². The van der Waals surface area contributed by atoms with Gasteiger partial charge >= 0.3 is 0 Å². The number of rotatable bonds is 1. The first-order valence-corrected chi connectivity index (χ1v) is 3.96. The van der Waals surface area contributed by atoms with Crippen molar-refractivity contribution in [1.29, 1.82) is 0 Å². The molecule has 0 heterocycles. The maximum atomic E-state index is 11.0. The summed E-state index contributed by atoms with van der Waals surface area (Å²) in [6, 6.07) is 0. The average molecular weight is 136 g/mol. The van der Waals surface area contributed by atoms with Crippen LogP contribution in [0.2, 0.25) is 0 Å². The molecule has 0 saturated heterocycles.